The summed E-state index contributed by atoms with van der Waals surface area (Å²) >= 11 is 0. The van der Waals surface area contributed by atoms with Gasteiger partial charge in [0.2, 0.25) is 0 Å². The number of ketones is 2. The number of hydrogen-bond donors (Lipinski definition) is 0. The SMILES string of the molecule is COc1ccc(COC[C@H](/C=C\CC(=O)CCC(=O)[C@H](C)C[C@H]2O[C@H](COCc3ccccc3)C[C@H]2O[Si](C)(C)C(C)(C)C)O[Si](C)(C)C(C)(C)C)cc1. The van der Waals surface area contributed by atoms with Gasteiger partial charge in [0.1, 0.15) is 17.3 Å². The molecule has 0 N–H and O–H groups in total. The molecule has 10 heteroatoms. The number of ether oxygens (including phenoxy) is 4. The highest BCUT2D eigenvalue weighted by atomic mass is 28.4. The minimum atomic E-state index is -2.10. The molecule has 0 spiro atoms. The van der Waals surface area contributed by atoms with Crippen LogP contribution in [-0.4, -0.2) is 72.9 Å². The topological polar surface area (TPSA) is 89.5 Å². The van der Waals surface area contributed by atoms with Crippen LogP contribution >= 0.6 is 0 Å². The maximum Gasteiger partial charge on any atom is 0.192 e. The van der Waals surface area contributed by atoms with Gasteiger partial charge in [-0.1, -0.05) is 103 Å². The summed E-state index contributed by atoms with van der Waals surface area (Å²) in [6, 6.07) is 17.9. The first-order valence-electron chi connectivity index (χ1n) is 19.7. The van der Waals surface area contributed by atoms with E-state index in [1.54, 1.807) is 7.11 Å². The van der Waals surface area contributed by atoms with E-state index in [1.807, 2.05) is 61.5 Å². The van der Waals surface area contributed by atoms with E-state index in [1.165, 1.54) is 0 Å². The van der Waals surface area contributed by atoms with Gasteiger partial charge >= 0.3 is 0 Å². The van der Waals surface area contributed by atoms with Crippen LogP contribution in [0.2, 0.25) is 36.3 Å². The lowest BCUT2D eigenvalue weighted by Crippen LogP contribution is -2.46. The van der Waals surface area contributed by atoms with Crippen molar-refractivity contribution in [3.8, 4) is 5.75 Å². The van der Waals surface area contributed by atoms with Gasteiger partial charge in [0.15, 0.2) is 16.6 Å². The summed E-state index contributed by atoms with van der Waals surface area (Å²) in [6.07, 6.45) is 5.13. The van der Waals surface area contributed by atoms with E-state index in [0.29, 0.717) is 32.8 Å². The molecule has 1 fully saturated rings. The molecule has 0 aliphatic carbocycles. The highest BCUT2D eigenvalue weighted by Crippen LogP contribution is 2.41. The van der Waals surface area contributed by atoms with E-state index >= 15 is 0 Å². The van der Waals surface area contributed by atoms with Crippen LogP contribution in [0.3, 0.4) is 0 Å². The van der Waals surface area contributed by atoms with E-state index < -0.39 is 16.6 Å². The monoisotopic (exact) mass is 782 g/mol. The number of carbonyl (C=O) groups is 2. The van der Waals surface area contributed by atoms with Gasteiger partial charge in [-0.3, -0.25) is 9.59 Å². The third kappa shape index (κ3) is 14.9. The number of Topliss-reactive ketones (excluding diaryl/α,β-unsaturated/α-hetero) is 2. The van der Waals surface area contributed by atoms with Crippen LogP contribution in [0.1, 0.15) is 91.7 Å². The van der Waals surface area contributed by atoms with Crippen molar-refractivity contribution in [3.63, 3.8) is 0 Å². The fourth-order valence-electron chi connectivity index (χ4n) is 5.82. The number of allylic oxidation sites excluding steroid dienone is 1. The van der Waals surface area contributed by atoms with E-state index in [2.05, 4.69) is 79.9 Å². The standard InChI is InChI=1S/C44H70O8Si2/c1-33(27-41-42(52-54(11,12)44(5,6)7)28-39(50-41)32-49-29-34-17-14-13-15-18-34)40(46)26-23-36(45)19-16-20-38(51-53(9,10)43(2,3)4)31-48-30-35-21-24-37(47-8)25-22-35/h13-18,20-22,24-25,33,38-39,41-42H,19,23,26-32H2,1-12H3/b20-16-/t33-,38+,39+,41-,42-/m1/s1. The molecule has 0 amide bonds. The third-order valence-electron chi connectivity index (χ3n) is 11.4. The van der Waals surface area contributed by atoms with E-state index in [9.17, 15) is 9.59 Å². The van der Waals surface area contributed by atoms with Crippen LogP contribution in [0.25, 0.3) is 0 Å². The van der Waals surface area contributed by atoms with Crippen LogP contribution < -0.4 is 4.74 Å². The number of benzene rings is 2. The Kier molecular flexibility index (Phi) is 17.6. The summed E-state index contributed by atoms with van der Waals surface area (Å²) in [5.74, 6) is 0.665. The summed E-state index contributed by atoms with van der Waals surface area (Å²) in [5, 5.41) is 0.0796. The van der Waals surface area contributed by atoms with Crippen molar-refractivity contribution < 1.29 is 37.4 Å². The Labute approximate surface area is 328 Å². The summed E-state index contributed by atoms with van der Waals surface area (Å²) < 4.78 is 37.5. The molecule has 54 heavy (non-hydrogen) atoms. The average molecular weight is 783 g/mol. The molecule has 302 valence electrons. The lowest BCUT2D eigenvalue weighted by molar-refractivity contribution is -0.127. The second-order valence-electron chi connectivity index (χ2n) is 18.0. The molecule has 0 unspecified atom stereocenters. The van der Waals surface area contributed by atoms with Crippen LogP contribution in [-0.2, 0) is 45.9 Å². The van der Waals surface area contributed by atoms with E-state index in [4.69, 9.17) is 27.8 Å². The summed E-state index contributed by atoms with van der Waals surface area (Å²) in [4.78, 5) is 26.4. The highest BCUT2D eigenvalue weighted by Gasteiger charge is 2.45. The first-order valence-corrected chi connectivity index (χ1v) is 25.6. The molecular weight excluding hydrogens is 713 g/mol. The second kappa shape index (κ2) is 20.6. The van der Waals surface area contributed by atoms with Gasteiger partial charge in [-0.05, 0) is 65.9 Å². The number of hydrogen-bond acceptors (Lipinski definition) is 8. The first-order chi connectivity index (χ1) is 25.2. The van der Waals surface area contributed by atoms with E-state index in [-0.39, 0.29) is 71.2 Å². The predicted octanol–water partition coefficient (Wildman–Crippen LogP) is 10.3. The normalized spacial score (nSPS) is 19.6. The lowest BCUT2D eigenvalue weighted by Gasteiger charge is -2.39. The zero-order valence-electron chi connectivity index (χ0n) is 35.4. The molecule has 1 aliphatic heterocycles. The van der Waals surface area contributed by atoms with Crippen molar-refractivity contribution >= 4 is 28.2 Å². The second-order valence-corrected chi connectivity index (χ2v) is 27.5. The molecule has 1 aliphatic rings. The minimum absolute atomic E-state index is 0.0272. The summed E-state index contributed by atoms with van der Waals surface area (Å²) in [5.41, 5.74) is 2.17. The van der Waals surface area contributed by atoms with Gasteiger partial charge in [-0.25, -0.2) is 0 Å². The maximum absolute atomic E-state index is 13.4. The van der Waals surface area contributed by atoms with Gasteiger partial charge in [0.05, 0.1) is 58.0 Å². The lowest BCUT2D eigenvalue weighted by atomic mass is 9.93. The Morgan fingerprint density at radius 1 is 0.852 bits per heavy atom. The zero-order chi connectivity index (χ0) is 40.2. The van der Waals surface area contributed by atoms with Gasteiger partial charge in [-0.15, -0.1) is 0 Å². The van der Waals surface area contributed by atoms with Crippen molar-refractivity contribution in [2.45, 2.75) is 154 Å². The number of carbonyl (C=O) groups excluding carboxylic acids is 2. The van der Waals surface area contributed by atoms with Crippen LogP contribution in [0, 0.1) is 5.92 Å². The van der Waals surface area contributed by atoms with Crippen LogP contribution in [0.4, 0.5) is 0 Å². The smallest absolute Gasteiger partial charge is 0.192 e. The van der Waals surface area contributed by atoms with Crippen LogP contribution in [0.5, 0.6) is 5.75 Å². The van der Waals surface area contributed by atoms with E-state index in [0.717, 1.165) is 23.3 Å². The van der Waals surface area contributed by atoms with Gasteiger partial charge in [0, 0.05) is 31.6 Å². The molecule has 2 aromatic rings. The Bertz CT molecular complexity index is 1460. The van der Waals surface area contributed by atoms with Gasteiger partial charge in [0.25, 0.3) is 0 Å². The Morgan fingerprint density at radius 3 is 2.07 bits per heavy atom. The van der Waals surface area contributed by atoms with Crippen molar-refractivity contribution in [2.24, 2.45) is 5.92 Å². The average Bonchev–Trinajstić information content (AvgIpc) is 3.46. The quantitative estimate of drug-likeness (QED) is 0.0862. The van der Waals surface area contributed by atoms with Gasteiger partial charge < -0.3 is 27.8 Å². The summed E-state index contributed by atoms with van der Waals surface area (Å²) in [7, 11) is -2.53. The van der Waals surface area contributed by atoms with Crippen LogP contribution in [0.15, 0.2) is 66.7 Å². The molecule has 0 aromatic heterocycles. The Hall–Kier alpha value is -2.45. The molecule has 8 nitrogen and oxygen atoms in total. The molecule has 0 saturated carbocycles. The first kappa shape index (κ1) is 45.9. The zero-order valence-corrected chi connectivity index (χ0v) is 37.4. The highest BCUT2D eigenvalue weighted by molar-refractivity contribution is 6.74. The molecular formula is C44H70O8Si2. The molecule has 2 aromatic carbocycles. The fourth-order valence-corrected chi connectivity index (χ4v) is 8.43. The maximum atomic E-state index is 13.4. The minimum Gasteiger partial charge on any atom is -0.497 e. The third-order valence-corrected chi connectivity index (χ3v) is 20.4. The largest absolute Gasteiger partial charge is 0.497 e. The molecule has 5 atom stereocenters. The predicted molar refractivity (Wildman–Crippen MR) is 223 cm³/mol. The van der Waals surface area contributed by atoms with Crippen molar-refractivity contribution in [1.29, 1.82) is 0 Å². The molecule has 0 bridgehead atoms. The van der Waals surface area contributed by atoms with Crippen molar-refractivity contribution in [2.75, 3.05) is 20.3 Å². The Morgan fingerprint density at radius 2 is 1.46 bits per heavy atom. The summed E-state index contributed by atoms with van der Waals surface area (Å²) in [6.45, 7) is 26.1. The van der Waals surface area contributed by atoms with Gasteiger partial charge in [-0.2, -0.15) is 0 Å². The number of rotatable bonds is 22. The Balaban J connectivity index is 1.54. The number of methoxy groups -OCH3 is 1. The fraction of sp³-hybridized carbons (Fsp3) is 0.636. The molecule has 1 heterocycles. The van der Waals surface area contributed by atoms with Crippen molar-refractivity contribution in [1.82, 2.24) is 0 Å². The molecule has 3 rings (SSSR count). The van der Waals surface area contributed by atoms with Crippen molar-refractivity contribution in [3.05, 3.63) is 77.9 Å². The molecule has 1 saturated heterocycles. The molecule has 0 radical (unpaired) electrons.